The fourth-order valence-corrected chi connectivity index (χ4v) is 3.83. The van der Waals surface area contributed by atoms with E-state index in [-0.39, 0.29) is 11.7 Å². The largest absolute Gasteiger partial charge is 0.416 e. The van der Waals surface area contributed by atoms with Crippen LogP contribution < -0.4 is 4.90 Å². The number of nitrogens with zero attached hydrogens (tertiary/aromatic N) is 2. The number of rotatable bonds is 3. The minimum Gasteiger partial charge on any atom is -0.367 e. The molecule has 1 aliphatic heterocycles. The fraction of sp³-hybridized carbons (Fsp3) is 0.500. The molecule has 2 aromatic rings. The molecule has 1 aliphatic carbocycles. The normalized spacial score (nSPS) is 22.1. The summed E-state index contributed by atoms with van der Waals surface area (Å²) in [6, 6.07) is 3.60. The van der Waals surface area contributed by atoms with Crippen LogP contribution in [0.15, 0.2) is 18.2 Å². The highest BCUT2D eigenvalue weighted by atomic mass is 32.1. The summed E-state index contributed by atoms with van der Waals surface area (Å²) in [4.78, 5) is 18.5. The van der Waals surface area contributed by atoms with E-state index in [1.165, 1.54) is 17.4 Å². The van der Waals surface area contributed by atoms with Crippen molar-refractivity contribution in [3.8, 4) is 0 Å². The minimum atomic E-state index is -4.38. The number of aromatic nitrogens is 1. The summed E-state index contributed by atoms with van der Waals surface area (Å²) in [5, 5.41) is 0.640. The maximum Gasteiger partial charge on any atom is 0.416 e. The van der Waals surface area contributed by atoms with Crippen LogP contribution >= 0.6 is 11.3 Å². The van der Waals surface area contributed by atoms with Crippen LogP contribution in [0, 0.1) is 5.92 Å². The van der Waals surface area contributed by atoms with Crippen LogP contribution in [0.25, 0.3) is 10.2 Å². The molecule has 1 aromatic carbocycles. The van der Waals surface area contributed by atoms with Crippen molar-refractivity contribution < 1.29 is 22.7 Å². The number of halogens is 3. The van der Waals surface area contributed by atoms with Crippen molar-refractivity contribution in [1.82, 2.24) is 4.98 Å². The SMILES string of the molecule is O=C(C1CC1)[C@H]1CN(c2nc3cc(C(F)(F)F)ccc3s2)CCO1. The zero-order valence-corrected chi connectivity index (χ0v) is 13.5. The Balaban J connectivity index is 1.57. The van der Waals surface area contributed by atoms with Gasteiger partial charge in [0.1, 0.15) is 6.10 Å². The number of hydrogen-bond acceptors (Lipinski definition) is 5. The molecule has 0 spiro atoms. The third-order valence-corrected chi connectivity index (χ3v) is 5.43. The first-order valence-electron chi connectivity index (χ1n) is 7.80. The lowest BCUT2D eigenvalue weighted by atomic mass is 10.1. The molecule has 2 aliphatic rings. The molecule has 8 heteroatoms. The zero-order chi connectivity index (χ0) is 16.9. The van der Waals surface area contributed by atoms with Crippen molar-refractivity contribution in [1.29, 1.82) is 0 Å². The van der Waals surface area contributed by atoms with E-state index in [1.54, 1.807) is 0 Å². The summed E-state index contributed by atoms with van der Waals surface area (Å²) in [6.07, 6.45) is -2.97. The molecule has 1 atom stereocenters. The summed E-state index contributed by atoms with van der Waals surface area (Å²) in [5.41, 5.74) is -0.364. The monoisotopic (exact) mass is 356 g/mol. The Kier molecular flexibility index (Phi) is 3.76. The van der Waals surface area contributed by atoms with Crippen LogP contribution in [0.3, 0.4) is 0 Å². The summed E-state index contributed by atoms with van der Waals surface area (Å²) in [5.74, 6) is 0.264. The molecule has 0 N–H and O–H groups in total. The van der Waals surface area contributed by atoms with Gasteiger partial charge in [-0.2, -0.15) is 13.2 Å². The molecule has 2 fully saturated rings. The van der Waals surface area contributed by atoms with Gasteiger partial charge in [-0.15, -0.1) is 0 Å². The maximum atomic E-state index is 12.8. The Morgan fingerprint density at radius 3 is 2.83 bits per heavy atom. The Morgan fingerprint density at radius 2 is 2.12 bits per heavy atom. The van der Waals surface area contributed by atoms with Crippen LogP contribution in [0.1, 0.15) is 18.4 Å². The Labute approximate surface area is 140 Å². The lowest BCUT2D eigenvalue weighted by Crippen LogP contribution is -2.46. The highest BCUT2D eigenvalue weighted by molar-refractivity contribution is 7.22. The summed E-state index contributed by atoms with van der Waals surface area (Å²) in [6.45, 7) is 1.43. The number of benzene rings is 1. The number of thiazole rings is 1. The zero-order valence-electron chi connectivity index (χ0n) is 12.7. The molecule has 0 unspecified atom stereocenters. The average Bonchev–Trinajstić information content (AvgIpc) is 3.31. The van der Waals surface area contributed by atoms with Crippen molar-refractivity contribution in [2.45, 2.75) is 25.1 Å². The van der Waals surface area contributed by atoms with Crippen LogP contribution in [-0.4, -0.2) is 36.6 Å². The number of ketones is 1. The summed E-state index contributed by atoms with van der Waals surface area (Å²) >= 11 is 1.34. The number of ether oxygens (including phenoxy) is 1. The number of carbonyl (C=O) groups is 1. The van der Waals surface area contributed by atoms with Crippen molar-refractivity contribution in [2.75, 3.05) is 24.6 Å². The molecule has 2 heterocycles. The third kappa shape index (κ3) is 3.00. The van der Waals surface area contributed by atoms with Gasteiger partial charge in [-0.25, -0.2) is 4.98 Å². The molecule has 1 saturated heterocycles. The predicted molar refractivity (Wildman–Crippen MR) is 84.3 cm³/mol. The van der Waals surface area contributed by atoms with Gasteiger partial charge in [0.25, 0.3) is 0 Å². The van der Waals surface area contributed by atoms with E-state index in [0.717, 1.165) is 25.0 Å². The molecule has 0 radical (unpaired) electrons. The average molecular weight is 356 g/mol. The number of fused-ring (bicyclic) bond motifs is 1. The van der Waals surface area contributed by atoms with E-state index in [9.17, 15) is 18.0 Å². The van der Waals surface area contributed by atoms with Gasteiger partial charge < -0.3 is 9.64 Å². The van der Waals surface area contributed by atoms with Crippen LogP contribution in [0.4, 0.5) is 18.3 Å². The first-order valence-corrected chi connectivity index (χ1v) is 8.61. The highest BCUT2D eigenvalue weighted by Gasteiger charge is 2.38. The van der Waals surface area contributed by atoms with E-state index < -0.39 is 17.8 Å². The van der Waals surface area contributed by atoms with Gasteiger partial charge in [-0.05, 0) is 31.0 Å². The molecule has 4 nitrogen and oxygen atoms in total. The van der Waals surface area contributed by atoms with E-state index >= 15 is 0 Å². The van der Waals surface area contributed by atoms with Crippen LogP contribution in [0.2, 0.25) is 0 Å². The number of morpholine rings is 1. The first-order chi connectivity index (χ1) is 11.4. The van der Waals surface area contributed by atoms with Crippen LogP contribution in [-0.2, 0) is 15.7 Å². The second-order valence-electron chi connectivity index (χ2n) is 6.16. The van der Waals surface area contributed by atoms with Gasteiger partial charge in [-0.1, -0.05) is 11.3 Å². The van der Waals surface area contributed by atoms with Crippen molar-refractivity contribution >= 4 is 32.5 Å². The summed E-state index contributed by atoms with van der Waals surface area (Å²) < 4.78 is 44.7. The van der Waals surface area contributed by atoms with Crippen molar-refractivity contribution in [3.05, 3.63) is 23.8 Å². The molecule has 24 heavy (non-hydrogen) atoms. The second-order valence-corrected chi connectivity index (χ2v) is 7.17. The molecular weight excluding hydrogens is 341 g/mol. The molecule has 0 amide bonds. The number of anilines is 1. The predicted octanol–water partition coefficient (Wildman–Crippen LogP) is 3.50. The number of alkyl halides is 3. The lowest BCUT2D eigenvalue weighted by Gasteiger charge is -2.31. The topological polar surface area (TPSA) is 42.4 Å². The fourth-order valence-electron chi connectivity index (χ4n) is 2.85. The molecular formula is C16H15F3N2O2S. The first kappa shape index (κ1) is 15.8. The van der Waals surface area contributed by atoms with Crippen molar-refractivity contribution in [3.63, 3.8) is 0 Å². The summed E-state index contributed by atoms with van der Waals surface area (Å²) in [7, 11) is 0. The molecule has 4 rings (SSSR count). The van der Waals surface area contributed by atoms with E-state index in [1.807, 2.05) is 4.90 Å². The third-order valence-electron chi connectivity index (χ3n) is 4.34. The van der Waals surface area contributed by atoms with Crippen molar-refractivity contribution in [2.24, 2.45) is 5.92 Å². The number of Topliss-reactive ketones (excluding diaryl/α,β-unsaturated/α-hetero) is 1. The second kappa shape index (κ2) is 5.70. The standard InChI is InChI=1S/C16H15F3N2O2S/c17-16(18,19)10-3-4-13-11(7-10)20-15(24-13)21-5-6-23-12(8-21)14(22)9-1-2-9/h3-4,7,9,12H,1-2,5-6,8H2/t12-/m1/s1. The highest BCUT2D eigenvalue weighted by Crippen LogP contribution is 2.36. The smallest absolute Gasteiger partial charge is 0.367 e. The van der Waals surface area contributed by atoms with Gasteiger partial charge in [0.05, 0.1) is 28.9 Å². The van der Waals surface area contributed by atoms with Gasteiger partial charge in [0.15, 0.2) is 10.9 Å². The van der Waals surface area contributed by atoms with E-state index in [0.29, 0.717) is 35.0 Å². The Morgan fingerprint density at radius 1 is 1.33 bits per heavy atom. The number of carbonyl (C=O) groups excluding carboxylic acids is 1. The van der Waals surface area contributed by atoms with Crippen LogP contribution in [0.5, 0.6) is 0 Å². The molecule has 0 bridgehead atoms. The van der Waals surface area contributed by atoms with E-state index in [2.05, 4.69) is 4.98 Å². The molecule has 128 valence electrons. The Bertz CT molecular complexity index is 785. The molecule has 1 saturated carbocycles. The maximum absolute atomic E-state index is 12.8. The minimum absolute atomic E-state index is 0.125. The molecule has 1 aromatic heterocycles. The van der Waals surface area contributed by atoms with Gasteiger partial charge in [0.2, 0.25) is 0 Å². The Hall–Kier alpha value is -1.67. The van der Waals surface area contributed by atoms with Gasteiger partial charge >= 0.3 is 6.18 Å². The van der Waals surface area contributed by atoms with Gasteiger partial charge in [-0.3, -0.25) is 4.79 Å². The van der Waals surface area contributed by atoms with Gasteiger partial charge in [0, 0.05) is 12.5 Å². The lowest BCUT2D eigenvalue weighted by molar-refractivity contribution is -0.137. The quantitative estimate of drug-likeness (QED) is 0.844. The van der Waals surface area contributed by atoms with E-state index in [4.69, 9.17) is 4.74 Å². The number of hydrogen-bond donors (Lipinski definition) is 0.